The minimum absolute atomic E-state index is 0.488. The summed E-state index contributed by atoms with van der Waals surface area (Å²) < 4.78 is 2.42. The van der Waals surface area contributed by atoms with Crippen LogP contribution in [0.5, 0.6) is 0 Å². The van der Waals surface area contributed by atoms with Crippen LogP contribution in [-0.2, 0) is 5.41 Å². The standard InChI is InChI=1S/C49H31NS2/c1-3-14-32(15-4-1)33-27-29-47-42(30-33)49(39-20-8-11-24-45(39)51-47)40-21-9-12-25-46(40)52-48-36(19-13-22-41(48)49)34-26-28-38-37-18-7-10-23-43(37)50(44(38)31-34)35-16-5-2-6-17-35/h1-31H. The number of nitrogens with zero attached hydrogens (tertiary/aromatic N) is 1. The van der Waals surface area contributed by atoms with Gasteiger partial charge in [0.05, 0.1) is 16.4 Å². The van der Waals surface area contributed by atoms with Gasteiger partial charge in [-0.2, -0.15) is 0 Å². The molecule has 0 saturated carbocycles. The fraction of sp³-hybridized carbons (Fsp3) is 0.0204. The summed E-state index contributed by atoms with van der Waals surface area (Å²) in [4.78, 5) is 5.25. The maximum Gasteiger partial charge on any atom is 0.0745 e. The molecule has 0 radical (unpaired) electrons. The second-order valence-electron chi connectivity index (χ2n) is 13.6. The van der Waals surface area contributed by atoms with E-state index in [1.165, 1.54) is 91.6 Å². The van der Waals surface area contributed by atoms with Gasteiger partial charge in [0.2, 0.25) is 0 Å². The van der Waals surface area contributed by atoms with Gasteiger partial charge in [-0.3, -0.25) is 0 Å². The average molecular weight is 698 g/mol. The Balaban J connectivity index is 1.21. The summed E-state index contributed by atoms with van der Waals surface area (Å²) in [6.45, 7) is 0. The Bertz CT molecular complexity index is 2840. The van der Waals surface area contributed by atoms with Gasteiger partial charge in [-0.05, 0) is 93.0 Å². The zero-order valence-corrected chi connectivity index (χ0v) is 29.8. The second-order valence-corrected chi connectivity index (χ2v) is 15.8. The van der Waals surface area contributed by atoms with Crippen LogP contribution >= 0.6 is 23.5 Å². The van der Waals surface area contributed by atoms with Crippen molar-refractivity contribution in [1.82, 2.24) is 4.57 Å². The van der Waals surface area contributed by atoms with E-state index < -0.39 is 5.41 Å². The molecule has 0 fully saturated rings. The van der Waals surface area contributed by atoms with E-state index in [0.717, 1.165) is 0 Å². The molecule has 1 spiro atoms. The molecule has 3 heterocycles. The lowest BCUT2D eigenvalue weighted by Crippen LogP contribution is -2.36. The van der Waals surface area contributed by atoms with Crippen LogP contribution in [-0.4, -0.2) is 4.57 Å². The van der Waals surface area contributed by atoms with Crippen LogP contribution in [0, 0.1) is 0 Å². The van der Waals surface area contributed by atoms with Gasteiger partial charge in [-0.25, -0.2) is 0 Å². The first kappa shape index (κ1) is 29.9. The Morgan fingerprint density at radius 2 is 0.981 bits per heavy atom. The molecule has 11 rings (SSSR count). The maximum absolute atomic E-state index is 2.47. The zero-order valence-electron chi connectivity index (χ0n) is 28.2. The number of aromatic nitrogens is 1. The van der Waals surface area contributed by atoms with E-state index in [9.17, 15) is 0 Å². The van der Waals surface area contributed by atoms with E-state index in [0.29, 0.717) is 0 Å². The quantitative estimate of drug-likeness (QED) is 0.181. The molecule has 1 atom stereocenters. The van der Waals surface area contributed by atoms with Crippen LogP contribution in [0.1, 0.15) is 22.3 Å². The molecule has 1 unspecified atom stereocenters. The molecule has 9 aromatic rings. The molecule has 0 N–H and O–H groups in total. The fourth-order valence-electron chi connectivity index (χ4n) is 8.71. The Hall–Kier alpha value is -5.74. The number of benzene rings is 8. The monoisotopic (exact) mass is 697 g/mol. The van der Waals surface area contributed by atoms with E-state index in [1.54, 1.807) is 0 Å². The van der Waals surface area contributed by atoms with E-state index in [2.05, 4.69) is 193 Å². The van der Waals surface area contributed by atoms with Crippen LogP contribution in [0.4, 0.5) is 0 Å². The molecule has 0 bridgehead atoms. The van der Waals surface area contributed by atoms with Gasteiger partial charge in [0.15, 0.2) is 0 Å². The molecule has 3 heteroatoms. The first-order valence-electron chi connectivity index (χ1n) is 17.8. The number of para-hydroxylation sites is 2. The molecule has 2 aliphatic rings. The van der Waals surface area contributed by atoms with Gasteiger partial charge in [-0.1, -0.05) is 163 Å². The van der Waals surface area contributed by atoms with Gasteiger partial charge < -0.3 is 4.57 Å². The topological polar surface area (TPSA) is 4.93 Å². The van der Waals surface area contributed by atoms with E-state index in [4.69, 9.17) is 0 Å². The van der Waals surface area contributed by atoms with Crippen LogP contribution in [0.15, 0.2) is 208 Å². The van der Waals surface area contributed by atoms with Crippen molar-refractivity contribution in [3.05, 3.63) is 210 Å². The molecule has 0 aliphatic carbocycles. The molecule has 244 valence electrons. The highest BCUT2D eigenvalue weighted by Gasteiger charge is 2.49. The number of fused-ring (bicyclic) bond motifs is 11. The van der Waals surface area contributed by atoms with Crippen molar-refractivity contribution >= 4 is 45.3 Å². The van der Waals surface area contributed by atoms with Crippen LogP contribution in [0.3, 0.4) is 0 Å². The summed E-state index contributed by atoms with van der Waals surface area (Å²) in [6.07, 6.45) is 0. The predicted molar refractivity (Wildman–Crippen MR) is 218 cm³/mol. The van der Waals surface area contributed by atoms with Gasteiger partial charge >= 0.3 is 0 Å². The van der Waals surface area contributed by atoms with Gasteiger partial charge in [0, 0.05) is 36.0 Å². The van der Waals surface area contributed by atoms with Crippen LogP contribution in [0.25, 0.3) is 49.7 Å². The Morgan fingerprint density at radius 1 is 0.365 bits per heavy atom. The molecule has 2 aliphatic heterocycles. The smallest absolute Gasteiger partial charge is 0.0745 e. The summed E-state index contributed by atoms with van der Waals surface area (Å²) in [7, 11) is 0. The lowest BCUT2D eigenvalue weighted by atomic mass is 9.64. The molecule has 8 aromatic carbocycles. The molecule has 52 heavy (non-hydrogen) atoms. The zero-order chi connectivity index (χ0) is 34.2. The molecule has 1 nitrogen and oxygen atoms in total. The van der Waals surface area contributed by atoms with Crippen molar-refractivity contribution in [3.63, 3.8) is 0 Å². The molecule has 1 aromatic heterocycles. The van der Waals surface area contributed by atoms with E-state index in [-0.39, 0.29) is 0 Å². The first-order chi connectivity index (χ1) is 25.8. The van der Waals surface area contributed by atoms with Crippen molar-refractivity contribution in [2.75, 3.05) is 0 Å². The summed E-state index contributed by atoms with van der Waals surface area (Å²) in [5, 5.41) is 2.54. The largest absolute Gasteiger partial charge is 0.309 e. The molecule has 0 saturated heterocycles. The normalized spacial score (nSPS) is 15.6. The van der Waals surface area contributed by atoms with Crippen molar-refractivity contribution in [2.45, 2.75) is 25.0 Å². The number of hydrogen-bond donors (Lipinski definition) is 0. The Morgan fingerprint density at radius 3 is 1.79 bits per heavy atom. The highest BCUT2D eigenvalue weighted by atomic mass is 32.2. The highest BCUT2D eigenvalue weighted by Crippen LogP contribution is 2.63. The molecular formula is C49H31NS2. The third-order valence-corrected chi connectivity index (χ3v) is 13.3. The Kier molecular flexibility index (Phi) is 6.70. The molecule has 0 amide bonds. The third-order valence-electron chi connectivity index (χ3n) is 10.9. The average Bonchev–Trinajstić information content (AvgIpc) is 3.55. The fourth-order valence-corrected chi connectivity index (χ4v) is 11.2. The predicted octanol–water partition coefficient (Wildman–Crippen LogP) is 13.4. The SMILES string of the molecule is c1ccc(-c2ccc3c(c2)C2(c4ccccc4S3)c3ccccc3Sc3c(-c4ccc5c6ccccc6n(-c6ccccc6)c5c4)cccc32)cc1. The summed E-state index contributed by atoms with van der Waals surface area (Å²) >= 11 is 3.82. The minimum Gasteiger partial charge on any atom is -0.309 e. The second kappa shape index (κ2) is 11.6. The van der Waals surface area contributed by atoms with Gasteiger partial charge in [-0.15, -0.1) is 0 Å². The van der Waals surface area contributed by atoms with Crippen molar-refractivity contribution in [3.8, 4) is 27.9 Å². The third kappa shape index (κ3) is 4.27. The maximum atomic E-state index is 2.47. The summed E-state index contributed by atoms with van der Waals surface area (Å²) in [5.41, 5.74) is 13.5. The number of rotatable bonds is 3. The minimum atomic E-state index is -0.488. The number of hydrogen-bond acceptors (Lipinski definition) is 2. The first-order valence-corrected chi connectivity index (χ1v) is 19.4. The molecular weight excluding hydrogens is 667 g/mol. The van der Waals surface area contributed by atoms with Gasteiger partial charge in [0.1, 0.15) is 0 Å². The van der Waals surface area contributed by atoms with Crippen molar-refractivity contribution in [2.24, 2.45) is 0 Å². The van der Waals surface area contributed by atoms with Crippen LogP contribution < -0.4 is 0 Å². The van der Waals surface area contributed by atoms with E-state index >= 15 is 0 Å². The van der Waals surface area contributed by atoms with Crippen molar-refractivity contribution in [1.29, 1.82) is 0 Å². The van der Waals surface area contributed by atoms with Crippen molar-refractivity contribution < 1.29 is 0 Å². The summed E-state index contributed by atoms with van der Waals surface area (Å²) in [6, 6.07) is 69.7. The van der Waals surface area contributed by atoms with Crippen LogP contribution in [0.2, 0.25) is 0 Å². The van der Waals surface area contributed by atoms with E-state index in [1.807, 2.05) is 23.5 Å². The highest BCUT2D eigenvalue weighted by molar-refractivity contribution is 8.00. The van der Waals surface area contributed by atoms with Gasteiger partial charge in [0.25, 0.3) is 0 Å². The lowest BCUT2D eigenvalue weighted by Gasteiger charge is -2.46. The summed E-state index contributed by atoms with van der Waals surface area (Å²) in [5.74, 6) is 0. The Labute approximate surface area is 311 Å². The lowest BCUT2D eigenvalue weighted by molar-refractivity contribution is 0.668.